The lowest BCUT2D eigenvalue weighted by Crippen LogP contribution is -2.29. The van der Waals surface area contributed by atoms with Crippen molar-refractivity contribution in [2.75, 3.05) is 13.2 Å². The number of alkyl halides is 4. The van der Waals surface area contributed by atoms with Crippen LogP contribution in [0.4, 0.5) is 17.6 Å². The van der Waals surface area contributed by atoms with Gasteiger partial charge < -0.3 is 19.7 Å². The van der Waals surface area contributed by atoms with Crippen LogP contribution in [0.5, 0.6) is 11.5 Å². The van der Waals surface area contributed by atoms with Crippen LogP contribution in [0, 0.1) is 0 Å². The molecular formula is C18H18F4N2O4. The fourth-order valence-corrected chi connectivity index (χ4v) is 2.42. The van der Waals surface area contributed by atoms with Crippen LogP contribution in [0.1, 0.15) is 28.0 Å². The first kappa shape index (κ1) is 21.3. The zero-order chi connectivity index (χ0) is 20.9. The molecule has 2 rings (SSSR count). The Hall–Kier alpha value is -3.04. The van der Waals surface area contributed by atoms with Crippen LogP contribution in [0.15, 0.2) is 35.1 Å². The van der Waals surface area contributed by atoms with Crippen LogP contribution < -0.4 is 15.6 Å². The molecule has 2 N–H and O–H groups in total. The highest BCUT2D eigenvalue weighted by atomic mass is 19.4. The Kier molecular flexibility index (Phi) is 6.66. The molecule has 0 saturated carbocycles. The molecule has 1 amide bonds. The Morgan fingerprint density at radius 3 is 2.61 bits per heavy atom. The van der Waals surface area contributed by atoms with Gasteiger partial charge in [-0.1, -0.05) is 12.1 Å². The lowest BCUT2D eigenvalue weighted by molar-refractivity contribution is -0.138. The predicted molar refractivity (Wildman–Crippen MR) is 92.0 cm³/mol. The first-order valence-corrected chi connectivity index (χ1v) is 8.22. The Labute approximate surface area is 157 Å². The van der Waals surface area contributed by atoms with Gasteiger partial charge in [0.1, 0.15) is 12.4 Å². The number of para-hydroxylation sites is 1. The van der Waals surface area contributed by atoms with E-state index in [0.29, 0.717) is 0 Å². The molecule has 28 heavy (non-hydrogen) atoms. The normalized spacial score (nSPS) is 11.3. The smallest absolute Gasteiger partial charge is 0.419 e. The molecule has 0 spiro atoms. The maximum Gasteiger partial charge on any atom is 0.419 e. The van der Waals surface area contributed by atoms with Crippen LogP contribution >= 0.6 is 0 Å². The Balaban J connectivity index is 1.93. The molecule has 10 heteroatoms. The van der Waals surface area contributed by atoms with Gasteiger partial charge in [-0.25, -0.2) is 4.39 Å². The number of benzene rings is 1. The molecule has 1 aromatic carbocycles. The fourth-order valence-electron chi connectivity index (χ4n) is 2.42. The molecule has 6 nitrogen and oxygen atoms in total. The van der Waals surface area contributed by atoms with Crippen LogP contribution in [-0.2, 0) is 19.9 Å². The number of pyridine rings is 1. The second kappa shape index (κ2) is 8.77. The van der Waals surface area contributed by atoms with Crippen molar-refractivity contribution in [1.29, 1.82) is 0 Å². The van der Waals surface area contributed by atoms with Crippen molar-refractivity contribution < 1.29 is 32.2 Å². The second-order valence-corrected chi connectivity index (χ2v) is 5.85. The lowest BCUT2D eigenvalue weighted by Gasteiger charge is -2.14. The highest BCUT2D eigenvalue weighted by Crippen LogP contribution is 2.35. The molecule has 1 heterocycles. The summed E-state index contributed by atoms with van der Waals surface area (Å²) in [6.45, 7) is -1.10. The Morgan fingerprint density at radius 1 is 1.29 bits per heavy atom. The van der Waals surface area contributed by atoms with Gasteiger partial charge in [0.05, 0.1) is 23.4 Å². The maximum atomic E-state index is 12.9. The van der Waals surface area contributed by atoms with Crippen molar-refractivity contribution in [1.82, 2.24) is 9.88 Å². The van der Waals surface area contributed by atoms with E-state index in [-0.39, 0.29) is 36.6 Å². The summed E-state index contributed by atoms with van der Waals surface area (Å²) in [4.78, 5) is 23.9. The van der Waals surface area contributed by atoms with Gasteiger partial charge in [0.2, 0.25) is 0 Å². The summed E-state index contributed by atoms with van der Waals surface area (Å²) in [7, 11) is 1.26. The van der Waals surface area contributed by atoms with E-state index in [1.54, 1.807) is 0 Å². The third-order valence-electron chi connectivity index (χ3n) is 3.94. The third-order valence-corrected chi connectivity index (χ3v) is 3.94. The van der Waals surface area contributed by atoms with Crippen molar-refractivity contribution in [3.05, 3.63) is 57.5 Å². The zero-order valence-electron chi connectivity index (χ0n) is 14.8. The van der Waals surface area contributed by atoms with E-state index in [1.807, 2.05) is 0 Å². The largest absolute Gasteiger partial charge is 0.502 e. The van der Waals surface area contributed by atoms with Gasteiger partial charge in [0.15, 0.2) is 5.75 Å². The summed E-state index contributed by atoms with van der Waals surface area (Å²) < 4.78 is 57.5. The number of hydrogen-bond donors (Lipinski definition) is 2. The minimum absolute atomic E-state index is 0.00657. The van der Waals surface area contributed by atoms with Gasteiger partial charge in [-0.2, -0.15) is 13.2 Å². The number of rotatable bonds is 7. The highest BCUT2D eigenvalue weighted by molar-refractivity contribution is 5.96. The lowest BCUT2D eigenvalue weighted by atomic mass is 10.2. The fraction of sp³-hybridized carbons (Fsp3) is 0.333. The number of halogens is 4. The topological polar surface area (TPSA) is 80.6 Å². The molecule has 0 fully saturated rings. The first-order valence-electron chi connectivity index (χ1n) is 8.22. The summed E-state index contributed by atoms with van der Waals surface area (Å²) in [6, 6.07) is 5.81. The monoisotopic (exact) mass is 402 g/mol. The molecule has 0 aliphatic carbocycles. The number of nitrogens with zero attached hydrogens (tertiary/aromatic N) is 1. The van der Waals surface area contributed by atoms with Crippen molar-refractivity contribution >= 4 is 5.91 Å². The molecule has 0 bridgehead atoms. The minimum Gasteiger partial charge on any atom is -0.502 e. The summed E-state index contributed by atoms with van der Waals surface area (Å²) in [6.07, 6.45) is -4.38. The molecule has 152 valence electrons. The first-order chi connectivity index (χ1) is 13.2. The zero-order valence-corrected chi connectivity index (χ0v) is 14.8. The number of amides is 1. The van der Waals surface area contributed by atoms with E-state index in [1.165, 1.54) is 25.2 Å². The summed E-state index contributed by atoms with van der Waals surface area (Å²) in [5.74, 6) is -1.94. The number of carbonyl (C=O) groups is 1. The molecule has 0 aliphatic heterocycles. The van der Waals surface area contributed by atoms with Gasteiger partial charge in [-0.15, -0.1) is 0 Å². The average molecular weight is 402 g/mol. The molecule has 2 aromatic rings. The Bertz CT molecular complexity index is 909. The van der Waals surface area contributed by atoms with E-state index < -0.39 is 35.6 Å². The number of aromatic hydroxyl groups is 1. The summed E-state index contributed by atoms with van der Waals surface area (Å²) >= 11 is 0. The van der Waals surface area contributed by atoms with E-state index in [9.17, 15) is 32.3 Å². The number of aromatic nitrogens is 1. The van der Waals surface area contributed by atoms with Gasteiger partial charge in [-0.05, 0) is 24.6 Å². The number of nitrogens with one attached hydrogen (secondary N) is 1. The standard InChI is InChI=1S/C18H18F4N2O4/c1-24-11(10-19)9-12(15(25)17(24)27)16(26)23-7-4-8-28-14-6-3-2-5-13(14)18(20,21)22/h2-3,5-6,9,25H,4,7-8,10H2,1H3,(H,23,26). The van der Waals surface area contributed by atoms with Crippen LogP contribution in [0.2, 0.25) is 0 Å². The summed E-state index contributed by atoms with van der Waals surface area (Å²) in [5, 5.41) is 12.2. The van der Waals surface area contributed by atoms with Gasteiger partial charge >= 0.3 is 6.18 Å². The average Bonchev–Trinajstić information content (AvgIpc) is 2.65. The van der Waals surface area contributed by atoms with Crippen molar-refractivity contribution in [2.45, 2.75) is 19.3 Å². The van der Waals surface area contributed by atoms with E-state index >= 15 is 0 Å². The maximum absolute atomic E-state index is 12.9. The summed E-state index contributed by atoms with van der Waals surface area (Å²) in [5.41, 5.74) is -2.27. The van der Waals surface area contributed by atoms with Gasteiger partial charge in [0, 0.05) is 13.6 Å². The molecule has 0 unspecified atom stereocenters. The third kappa shape index (κ3) is 4.81. The molecule has 0 aliphatic rings. The molecular weight excluding hydrogens is 384 g/mol. The van der Waals surface area contributed by atoms with E-state index in [2.05, 4.69) is 5.32 Å². The second-order valence-electron chi connectivity index (χ2n) is 5.85. The quantitative estimate of drug-likeness (QED) is 0.551. The molecule has 0 atom stereocenters. The highest BCUT2D eigenvalue weighted by Gasteiger charge is 2.33. The van der Waals surface area contributed by atoms with Crippen LogP contribution in [0.25, 0.3) is 0 Å². The van der Waals surface area contributed by atoms with E-state index in [4.69, 9.17) is 4.74 Å². The number of hydrogen-bond acceptors (Lipinski definition) is 4. The number of ether oxygens (including phenoxy) is 1. The van der Waals surface area contributed by atoms with Crippen LogP contribution in [0.3, 0.4) is 0 Å². The van der Waals surface area contributed by atoms with Crippen molar-refractivity contribution in [3.8, 4) is 11.5 Å². The van der Waals surface area contributed by atoms with E-state index in [0.717, 1.165) is 16.7 Å². The van der Waals surface area contributed by atoms with Crippen molar-refractivity contribution in [2.24, 2.45) is 7.05 Å². The number of carbonyl (C=O) groups excluding carboxylic acids is 1. The molecule has 0 radical (unpaired) electrons. The van der Waals surface area contributed by atoms with Crippen LogP contribution in [-0.4, -0.2) is 28.7 Å². The Morgan fingerprint density at radius 2 is 1.96 bits per heavy atom. The minimum atomic E-state index is -4.55. The van der Waals surface area contributed by atoms with Gasteiger partial charge in [0.25, 0.3) is 11.5 Å². The predicted octanol–water partition coefficient (Wildman–Crippen LogP) is 2.78. The van der Waals surface area contributed by atoms with Gasteiger partial charge in [-0.3, -0.25) is 9.59 Å². The SMILES string of the molecule is Cn1c(CF)cc(C(=O)NCCCOc2ccccc2C(F)(F)F)c(O)c1=O. The van der Waals surface area contributed by atoms with Crippen molar-refractivity contribution in [3.63, 3.8) is 0 Å². The molecule has 0 saturated heterocycles. The molecule has 1 aromatic heterocycles.